The van der Waals surface area contributed by atoms with Crippen molar-refractivity contribution in [2.45, 2.75) is 50.9 Å². The molecule has 0 rings (SSSR count). The number of carbonyl (C=O) groups is 4. The lowest BCUT2D eigenvalue weighted by Gasteiger charge is -2.14. The molecule has 0 bridgehead atoms. The topological polar surface area (TPSA) is 122 Å². The minimum Gasteiger partial charge on any atom is -0.480 e. The second-order valence-corrected chi connectivity index (χ2v) is 9.88. The number of hydrogen-bond acceptors (Lipinski definition) is 9. The summed E-state index contributed by atoms with van der Waals surface area (Å²) in [7, 11) is 3.71. The summed E-state index contributed by atoms with van der Waals surface area (Å²) in [5.74, 6) is -1.58. The number of rotatable bonds is 14. The van der Waals surface area contributed by atoms with Gasteiger partial charge < -0.3 is 20.5 Å². The van der Waals surface area contributed by atoms with Crippen LogP contribution in [0.25, 0.3) is 0 Å². The summed E-state index contributed by atoms with van der Waals surface area (Å²) in [5.41, 5.74) is 0. The molecule has 2 atom stereocenters. The Labute approximate surface area is 176 Å². The first-order valence-corrected chi connectivity index (χ1v) is 12.6. The zero-order valence-electron chi connectivity index (χ0n) is 15.4. The van der Waals surface area contributed by atoms with Gasteiger partial charge in [-0.05, 0) is 20.8 Å². The highest BCUT2D eigenvalue weighted by molar-refractivity contribution is 8.76. The molecule has 2 amide bonds. The molecule has 8 nitrogen and oxygen atoms in total. The molecule has 0 heterocycles. The average molecular weight is 459 g/mol. The first-order chi connectivity index (χ1) is 12.7. The fourth-order valence-electron chi connectivity index (χ4n) is 1.57. The van der Waals surface area contributed by atoms with E-state index in [1.165, 1.54) is 21.6 Å². The molecule has 3 N–H and O–H groups in total. The summed E-state index contributed by atoms with van der Waals surface area (Å²) in [6, 6.07) is -1.06. The SMILES string of the molecule is CC(C)NC(=O)CCC(=O)NC(CSSCCOC(=O)C(C)SS)C(=O)O. The molecule has 0 aromatic heterocycles. The van der Waals surface area contributed by atoms with Gasteiger partial charge in [0.25, 0.3) is 0 Å². The van der Waals surface area contributed by atoms with E-state index in [0.29, 0.717) is 5.75 Å². The first kappa shape index (κ1) is 26.3. The number of ether oxygens (including phenoxy) is 1. The van der Waals surface area contributed by atoms with E-state index in [1.54, 1.807) is 6.92 Å². The quantitative estimate of drug-likeness (QED) is 0.133. The fraction of sp³-hybridized carbons (Fsp3) is 0.733. The smallest absolute Gasteiger partial charge is 0.327 e. The van der Waals surface area contributed by atoms with Gasteiger partial charge in [-0.2, -0.15) is 0 Å². The lowest BCUT2D eigenvalue weighted by Crippen LogP contribution is -2.43. The van der Waals surface area contributed by atoms with E-state index in [4.69, 9.17) is 4.74 Å². The first-order valence-electron chi connectivity index (χ1n) is 8.20. The minimum atomic E-state index is -1.14. The highest BCUT2D eigenvalue weighted by Crippen LogP contribution is 2.22. The van der Waals surface area contributed by atoms with Gasteiger partial charge in [-0.1, -0.05) is 32.4 Å². The van der Waals surface area contributed by atoms with Gasteiger partial charge in [-0.25, -0.2) is 4.79 Å². The van der Waals surface area contributed by atoms with E-state index < -0.39 is 17.9 Å². The largest absolute Gasteiger partial charge is 0.480 e. The summed E-state index contributed by atoms with van der Waals surface area (Å²) in [6.45, 7) is 5.53. The van der Waals surface area contributed by atoms with Crippen LogP contribution < -0.4 is 10.6 Å². The van der Waals surface area contributed by atoms with Crippen LogP contribution in [-0.4, -0.2) is 64.3 Å². The van der Waals surface area contributed by atoms with Crippen LogP contribution in [0.4, 0.5) is 0 Å². The van der Waals surface area contributed by atoms with Crippen molar-refractivity contribution in [3.63, 3.8) is 0 Å². The van der Waals surface area contributed by atoms with Gasteiger partial charge in [0.1, 0.15) is 17.9 Å². The molecule has 0 aliphatic heterocycles. The Morgan fingerprint density at radius 3 is 2.15 bits per heavy atom. The maximum Gasteiger partial charge on any atom is 0.327 e. The van der Waals surface area contributed by atoms with Gasteiger partial charge in [-0.3, -0.25) is 14.4 Å². The number of carbonyl (C=O) groups excluding carboxylic acids is 3. The van der Waals surface area contributed by atoms with Crippen molar-refractivity contribution in [3.05, 3.63) is 0 Å². The maximum absolute atomic E-state index is 11.8. The normalized spacial score (nSPS) is 12.9. The monoisotopic (exact) mass is 458 g/mol. The number of carboxylic acid groups (broad SMARTS) is 1. The zero-order valence-corrected chi connectivity index (χ0v) is 18.8. The molecule has 0 saturated carbocycles. The van der Waals surface area contributed by atoms with Crippen molar-refractivity contribution in [1.29, 1.82) is 0 Å². The van der Waals surface area contributed by atoms with Crippen LogP contribution >= 0.6 is 44.0 Å². The third-order valence-electron chi connectivity index (χ3n) is 2.88. The third kappa shape index (κ3) is 14.0. The summed E-state index contributed by atoms with van der Waals surface area (Å²) in [4.78, 5) is 46.0. The zero-order chi connectivity index (χ0) is 20.8. The molecule has 0 saturated heterocycles. The Morgan fingerprint density at radius 2 is 1.63 bits per heavy atom. The summed E-state index contributed by atoms with van der Waals surface area (Å²) >= 11 is 3.94. The van der Waals surface area contributed by atoms with E-state index in [-0.39, 0.29) is 48.4 Å². The van der Waals surface area contributed by atoms with Crippen LogP contribution in [0.5, 0.6) is 0 Å². The minimum absolute atomic E-state index is 0.00655. The number of amides is 2. The summed E-state index contributed by atoms with van der Waals surface area (Å²) in [6.07, 6.45) is -0.0654. The molecule has 156 valence electrons. The van der Waals surface area contributed by atoms with E-state index in [0.717, 1.165) is 10.8 Å². The second kappa shape index (κ2) is 15.2. The predicted molar refractivity (Wildman–Crippen MR) is 114 cm³/mol. The number of aliphatic carboxylic acids is 1. The van der Waals surface area contributed by atoms with Crippen LogP contribution in [0.15, 0.2) is 0 Å². The molecule has 2 unspecified atom stereocenters. The van der Waals surface area contributed by atoms with Crippen LogP contribution in [-0.2, 0) is 23.9 Å². The van der Waals surface area contributed by atoms with E-state index in [1.807, 2.05) is 13.8 Å². The van der Waals surface area contributed by atoms with Crippen molar-refractivity contribution in [2.24, 2.45) is 0 Å². The van der Waals surface area contributed by atoms with Crippen LogP contribution in [0.3, 0.4) is 0 Å². The molecule has 0 radical (unpaired) electrons. The number of nitrogens with one attached hydrogen (secondary N) is 2. The van der Waals surface area contributed by atoms with Crippen molar-refractivity contribution in [1.82, 2.24) is 10.6 Å². The average Bonchev–Trinajstić information content (AvgIpc) is 2.59. The molecular weight excluding hydrogens is 432 g/mol. The Morgan fingerprint density at radius 1 is 1.04 bits per heavy atom. The number of hydrogen-bond donors (Lipinski definition) is 4. The summed E-state index contributed by atoms with van der Waals surface area (Å²) in [5, 5.41) is 13.9. The molecular formula is C15H26N2O6S4. The van der Waals surface area contributed by atoms with Crippen molar-refractivity contribution < 1.29 is 29.0 Å². The van der Waals surface area contributed by atoms with Gasteiger partial charge in [0.15, 0.2) is 0 Å². The van der Waals surface area contributed by atoms with Crippen LogP contribution in [0.1, 0.15) is 33.6 Å². The molecule has 0 fully saturated rings. The molecule has 0 aromatic carbocycles. The Kier molecular flexibility index (Phi) is 14.8. The van der Waals surface area contributed by atoms with Crippen molar-refractivity contribution in [2.75, 3.05) is 18.1 Å². The Hall–Kier alpha value is -0.720. The fourth-order valence-corrected chi connectivity index (χ4v) is 3.97. The molecule has 0 spiro atoms. The molecule has 0 aliphatic rings. The number of thiol groups is 1. The third-order valence-corrected chi connectivity index (χ3v) is 6.72. The standard InChI is InChI=1S/C15H26N2O6S4/c1-9(2)16-12(18)4-5-13(19)17-11(14(20)21)8-26-25-7-6-23-15(22)10(3)27-24/h9-11,24H,4-8H2,1-3H3,(H,16,18)(H,17,19)(H,20,21). The second-order valence-electron chi connectivity index (χ2n) is 5.70. The Balaban J connectivity index is 4.03. The highest BCUT2D eigenvalue weighted by Gasteiger charge is 2.20. The van der Waals surface area contributed by atoms with Gasteiger partial charge >= 0.3 is 11.9 Å². The van der Waals surface area contributed by atoms with Crippen molar-refractivity contribution in [3.8, 4) is 0 Å². The van der Waals surface area contributed by atoms with E-state index >= 15 is 0 Å². The van der Waals surface area contributed by atoms with Crippen LogP contribution in [0.2, 0.25) is 0 Å². The van der Waals surface area contributed by atoms with Gasteiger partial charge in [0, 0.05) is 30.4 Å². The van der Waals surface area contributed by atoms with Gasteiger partial charge in [0.2, 0.25) is 11.8 Å². The highest BCUT2D eigenvalue weighted by atomic mass is 33.1. The van der Waals surface area contributed by atoms with E-state index in [9.17, 15) is 24.3 Å². The number of esters is 1. The van der Waals surface area contributed by atoms with Gasteiger partial charge in [-0.15, -0.1) is 11.7 Å². The molecule has 0 aromatic rings. The van der Waals surface area contributed by atoms with Crippen molar-refractivity contribution >= 4 is 67.8 Å². The maximum atomic E-state index is 11.8. The van der Waals surface area contributed by atoms with Gasteiger partial charge in [0.05, 0.1) is 0 Å². The lowest BCUT2D eigenvalue weighted by atomic mass is 10.2. The predicted octanol–water partition coefficient (Wildman–Crippen LogP) is 1.75. The molecule has 0 aliphatic carbocycles. The lowest BCUT2D eigenvalue weighted by molar-refractivity contribution is -0.142. The molecule has 27 heavy (non-hydrogen) atoms. The number of carboxylic acids is 1. The Bertz CT molecular complexity index is 507. The summed E-state index contributed by atoms with van der Waals surface area (Å²) < 4.78 is 5.03. The molecule has 12 heteroatoms. The van der Waals surface area contributed by atoms with Crippen LogP contribution in [0, 0.1) is 0 Å². The van der Waals surface area contributed by atoms with E-state index in [2.05, 4.69) is 22.3 Å².